The van der Waals surface area contributed by atoms with Gasteiger partial charge in [0.05, 0.1) is 0 Å². The average Bonchev–Trinajstić information content (AvgIpc) is 1.84. The zero-order valence-corrected chi connectivity index (χ0v) is 8.38. The fourth-order valence-corrected chi connectivity index (χ4v) is 2.95. The van der Waals surface area contributed by atoms with Gasteiger partial charge in [-0.25, -0.2) is 0 Å². The van der Waals surface area contributed by atoms with Crippen LogP contribution in [0.1, 0.15) is 26.7 Å². The molecule has 0 heterocycles. The number of rotatable bonds is 5. The summed E-state index contributed by atoms with van der Waals surface area (Å²) in [5.74, 6) is 0. The molecule has 11 heavy (non-hydrogen) atoms. The van der Waals surface area contributed by atoms with E-state index in [1.165, 1.54) is 0 Å². The predicted octanol–water partition coefficient (Wildman–Crippen LogP) is 0.560. The first kappa shape index (κ1) is 11.1. The molecule has 0 aliphatic rings. The Morgan fingerprint density at radius 1 is 1.36 bits per heavy atom. The lowest BCUT2D eigenvalue weighted by atomic mass is 10.3. The van der Waals surface area contributed by atoms with Crippen molar-refractivity contribution >= 4 is 8.56 Å². The molecule has 0 bridgehead atoms. The van der Waals surface area contributed by atoms with Gasteiger partial charge < -0.3 is 15.3 Å². The van der Waals surface area contributed by atoms with Crippen LogP contribution in [0.3, 0.4) is 0 Å². The van der Waals surface area contributed by atoms with Crippen molar-refractivity contribution in [2.24, 2.45) is 5.73 Å². The molecule has 0 aliphatic carbocycles. The molecule has 4 N–H and O–H groups in total. The molecule has 0 saturated carbocycles. The molecular formula is C7H19NO2Si. The van der Waals surface area contributed by atoms with Crippen LogP contribution in [0.5, 0.6) is 0 Å². The Labute approximate surface area is 69.5 Å². The molecule has 0 radical (unpaired) electrons. The topological polar surface area (TPSA) is 66.5 Å². The number of hydrogen-bond donors (Lipinski definition) is 3. The van der Waals surface area contributed by atoms with Crippen molar-refractivity contribution in [3.05, 3.63) is 0 Å². The summed E-state index contributed by atoms with van der Waals surface area (Å²) < 4.78 is 0. The van der Waals surface area contributed by atoms with E-state index in [9.17, 15) is 9.59 Å². The second-order valence-electron chi connectivity index (χ2n) is 3.25. The molecule has 4 heteroatoms. The van der Waals surface area contributed by atoms with Crippen molar-refractivity contribution in [3.8, 4) is 0 Å². The van der Waals surface area contributed by atoms with E-state index in [0.717, 1.165) is 12.8 Å². The summed E-state index contributed by atoms with van der Waals surface area (Å²) in [6.45, 7) is 3.84. The lowest BCUT2D eigenvalue weighted by molar-refractivity contribution is 0.352. The van der Waals surface area contributed by atoms with Gasteiger partial charge in [0.2, 0.25) is 0 Å². The molecule has 0 aromatic heterocycles. The van der Waals surface area contributed by atoms with E-state index in [0.29, 0.717) is 12.1 Å². The molecule has 0 aliphatic heterocycles. The lowest BCUT2D eigenvalue weighted by Gasteiger charge is -2.17. The van der Waals surface area contributed by atoms with Gasteiger partial charge in [-0.3, -0.25) is 0 Å². The second-order valence-corrected chi connectivity index (χ2v) is 6.21. The summed E-state index contributed by atoms with van der Waals surface area (Å²) >= 11 is 0. The molecule has 0 aromatic carbocycles. The summed E-state index contributed by atoms with van der Waals surface area (Å²) in [4.78, 5) is 18.8. The van der Waals surface area contributed by atoms with Crippen LogP contribution in [0.25, 0.3) is 0 Å². The summed E-state index contributed by atoms with van der Waals surface area (Å²) in [6.07, 6.45) is 1.57. The summed E-state index contributed by atoms with van der Waals surface area (Å²) in [6, 6.07) is 1.16. The van der Waals surface area contributed by atoms with Crippen LogP contribution in [0.15, 0.2) is 0 Å². The highest BCUT2D eigenvalue weighted by Gasteiger charge is 2.27. The van der Waals surface area contributed by atoms with Gasteiger partial charge >= 0.3 is 8.56 Å². The highest BCUT2D eigenvalue weighted by Crippen LogP contribution is 2.13. The molecule has 0 amide bonds. The largest absolute Gasteiger partial charge is 0.411 e. The molecule has 0 rings (SSSR count). The zero-order chi connectivity index (χ0) is 8.91. The highest BCUT2D eigenvalue weighted by atomic mass is 28.4. The molecule has 1 unspecified atom stereocenters. The van der Waals surface area contributed by atoms with E-state index >= 15 is 0 Å². The van der Waals surface area contributed by atoms with E-state index in [1.54, 1.807) is 0 Å². The van der Waals surface area contributed by atoms with Gasteiger partial charge in [0, 0.05) is 6.04 Å². The molecule has 0 saturated heterocycles. The van der Waals surface area contributed by atoms with E-state index in [1.807, 2.05) is 13.8 Å². The van der Waals surface area contributed by atoms with E-state index in [-0.39, 0.29) is 6.04 Å². The average molecular weight is 177 g/mol. The number of nitrogens with two attached hydrogens (primary N) is 1. The predicted molar refractivity (Wildman–Crippen MR) is 48.4 cm³/mol. The Morgan fingerprint density at radius 3 is 2.27 bits per heavy atom. The molecule has 0 spiro atoms. The number of hydrogen-bond acceptors (Lipinski definition) is 3. The highest BCUT2D eigenvalue weighted by molar-refractivity contribution is 6.64. The Hall–Kier alpha value is 0.0969. The quantitative estimate of drug-likeness (QED) is 0.538. The Morgan fingerprint density at radius 2 is 1.91 bits per heavy atom. The normalized spacial score (nSPS) is 15.0. The second kappa shape index (κ2) is 4.87. The third kappa shape index (κ3) is 6.49. The monoisotopic (exact) mass is 177 g/mol. The Bertz CT molecular complexity index is 107. The molecule has 1 atom stereocenters. The molecule has 68 valence electrons. The third-order valence-corrected chi connectivity index (χ3v) is 4.04. The molecule has 0 fully saturated rings. The van der Waals surface area contributed by atoms with Crippen LogP contribution in [0, 0.1) is 0 Å². The van der Waals surface area contributed by atoms with Gasteiger partial charge in [-0.2, -0.15) is 0 Å². The van der Waals surface area contributed by atoms with Gasteiger partial charge in [0.1, 0.15) is 0 Å². The van der Waals surface area contributed by atoms with E-state index in [4.69, 9.17) is 5.73 Å². The van der Waals surface area contributed by atoms with E-state index in [2.05, 4.69) is 0 Å². The molecule has 0 aromatic rings. The van der Waals surface area contributed by atoms with Gasteiger partial charge in [-0.1, -0.05) is 13.3 Å². The van der Waals surface area contributed by atoms with Crippen molar-refractivity contribution in [1.29, 1.82) is 0 Å². The van der Waals surface area contributed by atoms with Crippen molar-refractivity contribution in [1.82, 2.24) is 0 Å². The maximum absolute atomic E-state index is 9.40. The minimum Gasteiger partial charge on any atom is -0.411 e. The fourth-order valence-electron chi connectivity index (χ4n) is 0.984. The summed E-state index contributed by atoms with van der Waals surface area (Å²) in [5.41, 5.74) is 5.50. The lowest BCUT2D eigenvalue weighted by Crippen LogP contribution is -2.35. The smallest absolute Gasteiger partial charge is 0.332 e. The van der Waals surface area contributed by atoms with Gasteiger partial charge in [0.15, 0.2) is 0 Å². The van der Waals surface area contributed by atoms with Gasteiger partial charge in [-0.15, -0.1) is 0 Å². The first-order valence-electron chi connectivity index (χ1n) is 4.18. The van der Waals surface area contributed by atoms with Crippen molar-refractivity contribution < 1.29 is 9.59 Å². The fraction of sp³-hybridized carbons (Fsp3) is 1.00. The van der Waals surface area contributed by atoms with Gasteiger partial charge in [-0.05, 0) is 25.4 Å². The van der Waals surface area contributed by atoms with Crippen LogP contribution < -0.4 is 5.73 Å². The van der Waals surface area contributed by atoms with Crippen LogP contribution in [-0.2, 0) is 0 Å². The Kier molecular flexibility index (Phi) is 4.91. The SMILES string of the molecule is CCC[Si](O)(O)CCC(C)N. The molecule has 3 nitrogen and oxygen atoms in total. The standard InChI is InChI=1S/C7H19NO2Si/c1-3-5-11(9,10)6-4-7(2)8/h7,9-10H,3-6,8H2,1-2H3. The maximum atomic E-state index is 9.40. The maximum Gasteiger partial charge on any atom is 0.332 e. The van der Waals surface area contributed by atoms with Crippen molar-refractivity contribution in [3.63, 3.8) is 0 Å². The first-order chi connectivity index (χ1) is 4.98. The van der Waals surface area contributed by atoms with Crippen LogP contribution in [-0.4, -0.2) is 24.2 Å². The van der Waals surface area contributed by atoms with Crippen LogP contribution >= 0.6 is 0 Å². The van der Waals surface area contributed by atoms with Crippen molar-refractivity contribution in [2.75, 3.05) is 0 Å². The zero-order valence-electron chi connectivity index (χ0n) is 7.38. The minimum atomic E-state index is -2.85. The van der Waals surface area contributed by atoms with Crippen LogP contribution in [0.2, 0.25) is 12.1 Å². The Balaban J connectivity index is 3.54. The van der Waals surface area contributed by atoms with Crippen LogP contribution in [0.4, 0.5) is 0 Å². The minimum absolute atomic E-state index is 0.0815. The van der Waals surface area contributed by atoms with Gasteiger partial charge in [0.25, 0.3) is 0 Å². The first-order valence-corrected chi connectivity index (χ1v) is 6.49. The summed E-state index contributed by atoms with van der Waals surface area (Å²) in [7, 11) is -2.85. The van der Waals surface area contributed by atoms with Crippen molar-refractivity contribution in [2.45, 2.75) is 44.8 Å². The summed E-state index contributed by atoms with van der Waals surface area (Å²) in [5, 5.41) is 0. The molecular weight excluding hydrogens is 158 g/mol. The third-order valence-electron chi connectivity index (χ3n) is 1.65. The van der Waals surface area contributed by atoms with E-state index < -0.39 is 8.56 Å².